The zero-order valence-electron chi connectivity index (χ0n) is 16.5. The Bertz CT molecular complexity index is 1370. The van der Waals surface area contributed by atoms with Crippen LogP contribution in [-0.4, -0.2) is 34.9 Å². The van der Waals surface area contributed by atoms with Crippen molar-refractivity contribution < 1.29 is 0 Å². The molecule has 0 aliphatic heterocycles. The van der Waals surface area contributed by atoms with Crippen LogP contribution in [0.5, 0.6) is 0 Å². The van der Waals surface area contributed by atoms with E-state index in [2.05, 4.69) is 22.1 Å². The summed E-state index contributed by atoms with van der Waals surface area (Å²) in [7, 11) is 12.8. The number of hydrogen-bond donors (Lipinski definition) is 0. The van der Waals surface area contributed by atoms with Gasteiger partial charge in [0.2, 0.25) is 16.0 Å². The predicted octanol–water partition coefficient (Wildman–Crippen LogP) is 1.16. The van der Waals surface area contributed by atoms with E-state index in [1.165, 1.54) is 8.96 Å². The molecule has 0 saturated heterocycles. The fourth-order valence-corrected chi connectivity index (χ4v) is 3.73. The van der Waals surface area contributed by atoms with Crippen molar-refractivity contribution in [3.8, 4) is 12.1 Å². The lowest BCUT2D eigenvalue weighted by Gasteiger charge is -2.06. The standard InChI is InChI=1S/C22H14B2N6/c1-13-19-20(22(29(13)23)16(12-26)18-8-4-6-10-28-18)14(2)30(24)21(19)15(11-25)17-7-3-5-9-27-17/h3-10H,1-2H3/b21-15-,22-16-. The Kier molecular flexibility index (Phi) is 4.77. The quantitative estimate of drug-likeness (QED) is 0.486. The summed E-state index contributed by atoms with van der Waals surface area (Å²) in [4.78, 5) is 8.61. The van der Waals surface area contributed by atoms with Gasteiger partial charge >= 0.3 is 0 Å². The summed E-state index contributed by atoms with van der Waals surface area (Å²) < 4.78 is 2.92. The second-order valence-electron chi connectivity index (χ2n) is 6.76. The maximum absolute atomic E-state index is 9.92. The maximum atomic E-state index is 9.92. The summed E-state index contributed by atoms with van der Waals surface area (Å²) in [6, 6.07) is 15.1. The van der Waals surface area contributed by atoms with E-state index in [4.69, 9.17) is 16.0 Å². The molecule has 30 heavy (non-hydrogen) atoms. The number of rotatable bonds is 2. The lowest BCUT2D eigenvalue weighted by molar-refractivity contribution is 1.07. The van der Waals surface area contributed by atoms with Crippen LogP contribution in [0.15, 0.2) is 48.8 Å². The Morgan fingerprint density at radius 3 is 1.47 bits per heavy atom. The Labute approximate surface area is 175 Å². The van der Waals surface area contributed by atoms with E-state index >= 15 is 0 Å². The molecule has 0 saturated carbocycles. The zero-order chi connectivity index (χ0) is 21.4. The first-order valence-electron chi connectivity index (χ1n) is 9.15. The highest BCUT2D eigenvalue weighted by molar-refractivity contribution is 6.14. The summed E-state index contributed by atoms with van der Waals surface area (Å²) in [6.45, 7) is 3.66. The van der Waals surface area contributed by atoms with Gasteiger partial charge in [0.25, 0.3) is 0 Å². The summed E-state index contributed by atoms with van der Waals surface area (Å²) >= 11 is 0. The summed E-state index contributed by atoms with van der Waals surface area (Å²) in [5, 5.41) is 22.3. The van der Waals surface area contributed by atoms with Gasteiger partial charge in [-0.05, 0) is 38.1 Å². The van der Waals surface area contributed by atoms with E-state index in [0.29, 0.717) is 55.4 Å². The number of hydrogen-bond acceptors (Lipinski definition) is 4. The molecular weight excluding hydrogens is 370 g/mol. The van der Waals surface area contributed by atoms with E-state index in [1.54, 1.807) is 36.7 Å². The van der Waals surface area contributed by atoms with Crippen molar-refractivity contribution in [3.05, 3.63) is 82.3 Å². The highest BCUT2D eigenvalue weighted by Crippen LogP contribution is 2.21. The van der Waals surface area contributed by atoms with Crippen molar-refractivity contribution in [3.63, 3.8) is 0 Å². The lowest BCUT2D eigenvalue weighted by Crippen LogP contribution is -2.23. The van der Waals surface area contributed by atoms with Gasteiger partial charge in [0.1, 0.15) is 23.3 Å². The third-order valence-corrected chi connectivity index (χ3v) is 5.19. The first-order chi connectivity index (χ1) is 14.5. The van der Waals surface area contributed by atoms with Crippen molar-refractivity contribution in [1.82, 2.24) is 18.9 Å². The van der Waals surface area contributed by atoms with E-state index in [-0.39, 0.29) is 0 Å². The minimum absolute atomic E-state index is 0.327. The average molecular weight is 384 g/mol. The number of pyridine rings is 2. The fourth-order valence-electron chi connectivity index (χ4n) is 3.73. The second kappa shape index (κ2) is 7.42. The molecule has 0 aromatic carbocycles. The molecule has 4 aromatic rings. The molecule has 4 heterocycles. The van der Waals surface area contributed by atoms with Gasteiger partial charge in [-0.25, -0.2) is 0 Å². The van der Waals surface area contributed by atoms with Crippen molar-refractivity contribution in [2.45, 2.75) is 13.8 Å². The Morgan fingerprint density at radius 1 is 0.767 bits per heavy atom. The molecule has 0 fully saturated rings. The van der Waals surface area contributed by atoms with Crippen LogP contribution in [0.2, 0.25) is 0 Å². The minimum atomic E-state index is 0.327. The molecule has 4 aromatic heterocycles. The van der Waals surface area contributed by atoms with Gasteiger partial charge in [0.05, 0.1) is 22.1 Å². The molecule has 4 radical (unpaired) electrons. The molecule has 0 atom stereocenters. The number of fused-ring (bicyclic) bond motifs is 1. The van der Waals surface area contributed by atoms with E-state index < -0.39 is 0 Å². The molecule has 0 amide bonds. The second-order valence-corrected chi connectivity index (χ2v) is 6.76. The Balaban J connectivity index is 2.30. The van der Waals surface area contributed by atoms with E-state index in [9.17, 15) is 10.5 Å². The van der Waals surface area contributed by atoms with Gasteiger partial charge < -0.3 is 8.96 Å². The third-order valence-electron chi connectivity index (χ3n) is 5.19. The highest BCUT2D eigenvalue weighted by Gasteiger charge is 2.21. The van der Waals surface area contributed by atoms with Crippen LogP contribution in [0.25, 0.3) is 21.9 Å². The Morgan fingerprint density at radius 2 is 1.17 bits per heavy atom. The first kappa shape index (κ1) is 19.3. The number of aryl methyl sites for hydroxylation is 2. The average Bonchev–Trinajstić information content (AvgIpc) is 3.18. The van der Waals surface area contributed by atoms with Crippen LogP contribution in [0, 0.1) is 36.5 Å². The van der Waals surface area contributed by atoms with Gasteiger partial charge in [-0.3, -0.25) is 9.97 Å². The van der Waals surface area contributed by atoms with Crippen LogP contribution in [0.4, 0.5) is 0 Å². The largest absolute Gasteiger partial charge is 0.399 e. The van der Waals surface area contributed by atoms with E-state index in [1.807, 2.05) is 26.0 Å². The van der Waals surface area contributed by atoms with Crippen LogP contribution in [0.1, 0.15) is 22.8 Å². The molecule has 0 unspecified atom stereocenters. The molecule has 138 valence electrons. The molecule has 4 rings (SSSR count). The highest BCUT2D eigenvalue weighted by atomic mass is 14.9. The minimum Gasteiger partial charge on any atom is -0.399 e. The third kappa shape index (κ3) is 2.74. The number of nitrogens with zero attached hydrogens (tertiary/aromatic N) is 6. The van der Waals surface area contributed by atoms with Crippen molar-refractivity contribution in [1.29, 1.82) is 10.5 Å². The number of nitriles is 2. The van der Waals surface area contributed by atoms with Crippen LogP contribution < -0.4 is 10.7 Å². The summed E-state index contributed by atoms with van der Waals surface area (Å²) in [6.07, 6.45) is 3.24. The zero-order valence-corrected chi connectivity index (χ0v) is 16.5. The molecule has 0 spiro atoms. The lowest BCUT2D eigenvalue weighted by atomic mass is 10.1. The van der Waals surface area contributed by atoms with Crippen LogP contribution >= 0.6 is 0 Å². The van der Waals surface area contributed by atoms with Crippen molar-refractivity contribution in [2.75, 3.05) is 0 Å². The molecule has 8 heteroatoms. The van der Waals surface area contributed by atoms with Crippen LogP contribution in [-0.2, 0) is 0 Å². The molecule has 0 bridgehead atoms. The first-order valence-corrected chi connectivity index (χ1v) is 9.15. The Hall–Kier alpha value is -4.03. The van der Waals surface area contributed by atoms with Gasteiger partial charge in [-0.1, -0.05) is 12.1 Å². The topological polar surface area (TPSA) is 83.2 Å². The summed E-state index contributed by atoms with van der Waals surface area (Å²) in [5.41, 5.74) is 3.02. The maximum Gasteiger partial charge on any atom is 0.234 e. The number of aromatic nitrogens is 4. The van der Waals surface area contributed by atoms with Crippen LogP contribution in [0.3, 0.4) is 0 Å². The predicted molar refractivity (Wildman–Crippen MR) is 116 cm³/mol. The molecule has 6 nitrogen and oxygen atoms in total. The smallest absolute Gasteiger partial charge is 0.234 e. The van der Waals surface area contributed by atoms with Gasteiger partial charge in [-0.15, -0.1) is 0 Å². The monoisotopic (exact) mass is 384 g/mol. The fraction of sp³-hybridized carbons (Fsp3) is 0.0909. The van der Waals surface area contributed by atoms with Gasteiger partial charge in [-0.2, -0.15) is 10.5 Å². The molecule has 0 aliphatic carbocycles. The summed E-state index contributed by atoms with van der Waals surface area (Å²) in [5.74, 6) is 0. The SMILES string of the molecule is [B]n1c(C)c2/c(=C(\C#N)c3ccccn3)n([B])c(C)c2/c1=C(\C#N)c1ccccn1. The molecule has 0 aliphatic rings. The molecular formula is C22H14B2N6. The van der Waals surface area contributed by atoms with Crippen molar-refractivity contribution >= 4 is 37.9 Å². The van der Waals surface area contributed by atoms with Crippen molar-refractivity contribution in [2.24, 2.45) is 0 Å². The molecule has 0 N–H and O–H groups in total. The normalized spacial score (nSPS) is 12.9. The van der Waals surface area contributed by atoms with E-state index in [0.717, 1.165) is 0 Å². The van der Waals surface area contributed by atoms with Gasteiger partial charge in [0, 0.05) is 34.6 Å². The van der Waals surface area contributed by atoms with Gasteiger partial charge in [0.15, 0.2) is 0 Å².